The summed E-state index contributed by atoms with van der Waals surface area (Å²) in [6.45, 7) is 2.75. The van der Waals surface area contributed by atoms with Gasteiger partial charge >= 0.3 is 0 Å². The molecular formula is C13H16ClFN2O. The Balaban J connectivity index is 2.01. The van der Waals surface area contributed by atoms with Gasteiger partial charge in [-0.2, -0.15) is 0 Å². The van der Waals surface area contributed by atoms with Crippen molar-refractivity contribution in [3.8, 4) is 0 Å². The molecule has 0 saturated heterocycles. The van der Waals surface area contributed by atoms with Gasteiger partial charge < -0.3 is 5.32 Å². The molecular weight excluding hydrogens is 255 g/mol. The largest absolute Gasteiger partial charge is 0.351 e. The second-order valence-corrected chi connectivity index (χ2v) is 5.55. The van der Waals surface area contributed by atoms with E-state index in [1.54, 1.807) is 0 Å². The van der Waals surface area contributed by atoms with Crippen LogP contribution in [-0.2, 0) is 0 Å². The van der Waals surface area contributed by atoms with Crippen molar-refractivity contribution in [2.24, 2.45) is 5.41 Å². The number of carbonyl (C=O) groups is 1. The zero-order valence-electron chi connectivity index (χ0n) is 10.3. The first-order valence-corrected chi connectivity index (χ1v) is 6.47. The summed E-state index contributed by atoms with van der Waals surface area (Å²) in [4.78, 5) is 15.5. The second-order valence-electron chi connectivity index (χ2n) is 5.19. The number of nitrogens with zero attached hydrogens (tertiary/aromatic N) is 1. The Morgan fingerprint density at radius 3 is 2.89 bits per heavy atom. The fraction of sp³-hybridized carbons (Fsp3) is 0.538. The average Bonchev–Trinajstić information content (AvgIpc) is 2.77. The smallest absolute Gasteiger partial charge is 0.254 e. The number of hydrogen-bond acceptors (Lipinski definition) is 2. The first-order valence-electron chi connectivity index (χ1n) is 6.09. The van der Waals surface area contributed by atoms with Crippen LogP contribution < -0.4 is 5.32 Å². The third-order valence-electron chi connectivity index (χ3n) is 3.54. The number of halogens is 2. The van der Waals surface area contributed by atoms with Crippen LogP contribution in [0.25, 0.3) is 0 Å². The molecule has 1 aliphatic carbocycles. The highest BCUT2D eigenvalue weighted by atomic mass is 35.5. The van der Waals surface area contributed by atoms with E-state index in [4.69, 9.17) is 11.6 Å². The van der Waals surface area contributed by atoms with Crippen molar-refractivity contribution in [2.75, 3.05) is 6.54 Å². The Morgan fingerprint density at radius 1 is 1.56 bits per heavy atom. The third kappa shape index (κ3) is 2.99. The van der Waals surface area contributed by atoms with E-state index in [0.29, 0.717) is 6.54 Å². The lowest BCUT2D eigenvalue weighted by Crippen LogP contribution is -2.34. The number of aromatic nitrogens is 1. The first kappa shape index (κ1) is 13.3. The fourth-order valence-electron chi connectivity index (χ4n) is 2.38. The predicted octanol–water partition coefficient (Wildman–Crippen LogP) is 3.18. The molecule has 0 bridgehead atoms. The molecule has 18 heavy (non-hydrogen) atoms. The number of hydrogen-bond donors (Lipinski definition) is 1. The van der Waals surface area contributed by atoms with Gasteiger partial charge in [0.2, 0.25) is 0 Å². The monoisotopic (exact) mass is 270 g/mol. The summed E-state index contributed by atoms with van der Waals surface area (Å²) in [5.74, 6) is -0.920. The fourth-order valence-corrected chi connectivity index (χ4v) is 2.57. The number of amides is 1. The molecule has 0 aromatic carbocycles. The zero-order chi connectivity index (χ0) is 13.2. The predicted molar refractivity (Wildman–Crippen MR) is 68.1 cm³/mol. The van der Waals surface area contributed by atoms with Crippen LogP contribution in [0.1, 0.15) is 43.0 Å². The van der Waals surface area contributed by atoms with E-state index < -0.39 is 5.82 Å². The van der Waals surface area contributed by atoms with E-state index in [9.17, 15) is 9.18 Å². The minimum absolute atomic E-state index is 0.0328. The quantitative estimate of drug-likeness (QED) is 0.857. The van der Waals surface area contributed by atoms with Crippen molar-refractivity contribution in [2.45, 2.75) is 32.6 Å². The standard InChI is InChI=1S/C13H16ClFN2O/c1-13(4-2-3-5-13)8-17-12(18)10-6-9(15)7-16-11(10)14/h6-7H,2-5,8H2,1H3,(H,17,18). The van der Waals surface area contributed by atoms with Crippen LogP contribution in [-0.4, -0.2) is 17.4 Å². The average molecular weight is 271 g/mol. The summed E-state index contributed by atoms with van der Waals surface area (Å²) in [5, 5.41) is 2.85. The highest BCUT2D eigenvalue weighted by Gasteiger charge is 2.29. The zero-order valence-corrected chi connectivity index (χ0v) is 11.1. The highest BCUT2D eigenvalue weighted by Crippen LogP contribution is 2.36. The van der Waals surface area contributed by atoms with Gasteiger partial charge in [-0.25, -0.2) is 9.37 Å². The van der Waals surface area contributed by atoms with E-state index in [0.717, 1.165) is 25.1 Å². The van der Waals surface area contributed by atoms with Gasteiger partial charge in [-0.15, -0.1) is 0 Å². The van der Waals surface area contributed by atoms with Crippen LogP contribution in [0.15, 0.2) is 12.3 Å². The van der Waals surface area contributed by atoms with Crippen LogP contribution in [0.4, 0.5) is 4.39 Å². The molecule has 1 N–H and O–H groups in total. The lowest BCUT2D eigenvalue weighted by Gasteiger charge is -2.23. The van der Waals surface area contributed by atoms with Gasteiger partial charge in [-0.05, 0) is 24.3 Å². The lowest BCUT2D eigenvalue weighted by atomic mass is 9.89. The van der Waals surface area contributed by atoms with Gasteiger partial charge in [-0.1, -0.05) is 31.4 Å². The molecule has 1 fully saturated rings. The Kier molecular flexibility index (Phi) is 3.85. The Hall–Kier alpha value is -1.16. The maximum absolute atomic E-state index is 13.0. The molecule has 0 atom stereocenters. The van der Waals surface area contributed by atoms with Crippen molar-refractivity contribution < 1.29 is 9.18 Å². The summed E-state index contributed by atoms with van der Waals surface area (Å²) in [6.07, 6.45) is 5.63. The number of carbonyl (C=O) groups excluding carboxylic acids is 1. The minimum atomic E-state index is -0.559. The Bertz CT molecular complexity index is 458. The molecule has 0 spiro atoms. The molecule has 2 rings (SSSR count). The van der Waals surface area contributed by atoms with E-state index in [1.807, 2.05) is 0 Å². The summed E-state index contributed by atoms with van der Waals surface area (Å²) >= 11 is 5.78. The van der Waals surface area contributed by atoms with Crippen molar-refractivity contribution >= 4 is 17.5 Å². The van der Waals surface area contributed by atoms with E-state index in [1.165, 1.54) is 12.8 Å². The van der Waals surface area contributed by atoms with Gasteiger partial charge in [0.25, 0.3) is 5.91 Å². The minimum Gasteiger partial charge on any atom is -0.351 e. The summed E-state index contributed by atoms with van der Waals surface area (Å²) in [6, 6.07) is 1.11. The lowest BCUT2D eigenvalue weighted by molar-refractivity contribution is 0.0933. The Morgan fingerprint density at radius 2 is 2.22 bits per heavy atom. The Labute approximate surface area is 111 Å². The molecule has 0 aliphatic heterocycles. The summed E-state index contributed by atoms with van der Waals surface area (Å²) < 4.78 is 13.0. The van der Waals surface area contributed by atoms with Crippen LogP contribution in [0.3, 0.4) is 0 Å². The van der Waals surface area contributed by atoms with E-state index in [-0.39, 0.29) is 22.0 Å². The van der Waals surface area contributed by atoms with Crippen molar-refractivity contribution in [3.63, 3.8) is 0 Å². The molecule has 0 radical (unpaired) electrons. The number of rotatable bonds is 3. The highest BCUT2D eigenvalue weighted by molar-refractivity contribution is 6.32. The van der Waals surface area contributed by atoms with Crippen LogP contribution in [0, 0.1) is 11.2 Å². The maximum atomic E-state index is 13.0. The molecule has 5 heteroatoms. The van der Waals surface area contributed by atoms with Gasteiger partial charge in [0, 0.05) is 6.54 Å². The molecule has 1 heterocycles. The van der Waals surface area contributed by atoms with Gasteiger partial charge in [0.05, 0.1) is 11.8 Å². The van der Waals surface area contributed by atoms with Gasteiger partial charge in [0.1, 0.15) is 11.0 Å². The van der Waals surface area contributed by atoms with Crippen LogP contribution in [0.5, 0.6) is 0 Å². The van der Waals surface area contributed by atoms with Crippen molar-refractivity contribution in [3.05, 3.63) is 28.8 Å². The first-order chi connectivity index (χ1) is 8.50. The number of nitrogens with one attached hydrogen (secondary N) is 1. The molecule has 1 aromatic rings. The van der Waals surface area contributed by atoms with Crippen molar-refractivity contribution in [1.29, 1.82) is 0 Å². The molecule has 98 valence electrons. The van der Waals surface area contributed by atoms with Crippen molar-refractivity contribution in [1.82, 2.24) is 10.3 Å². The molecule has 1 amide bonds. The normalized spacial score (nSPS) is 17.7. The maximum Gasteiger partial charge on any atom is 0.254 e. The van der Waals surface area contributed by atoms with Gasteiger partial charge in [-0.3, -0.25) is 4.79 Å². The SMILES string of the molecule is CC1(CNC(=O)c2cc(F)cnc2Cl)CCCC1. The molecule has 1 saturated carbocycles. The van der Waals surface area contributed by atoms with E-state index in [2.05, 4.69) is 17.2 Å². The van der Waals surface area contributed by atoms with Crippen LogP contribution in [0.2, 0.25) is 5.15 Å². The third-order valence-corrected chi connectivity index (χ3v) is 3.84. The molecule has 1 aromatic heterocycles. The summed E-state index contributed by atoms with van der Waals surface area (Å²) in [7, 11) is 0. The second kappa shape index (κ2) is 5.22. The van der Waals surface area contributed by atoms with E-state index >= 15 is 0 Å². The van der Waals surface area contributed by atoms with Gasteiger partial charge in [0.15, 0.2) is 0 Å². The molecule has 1 aliphatic rings. The molecule has 3 nitrogen and oxygen atoms in total. The summed E-state index contributed by atoms with van der Waals surface area (Å²) in [5.41, 5.74) is 0.251. The molecule has 0 unspecified atom stereocenters. The number of pyridine rings is 1. The van der Waals surface area contributed by atoms with Crippen LogP contribution >= 0.6 is 11.6 Å². The topological polar surface area (TPSA) is 42.0 Å².